The van der Waals surface area contributed by atoms with Crippen LogP contribution in [0.15, 0.2) is 5.38 Å². The molecule has 1 N–H and O–H groups in total. The van der Waals surface area contributed by atoms with E-state index < -0.39 is 0 Å². The Bertz CT molecular complexity index is 304. The van der Waals surface area contributed by atoms with Crippen molar-refractivity contribution in [3.8, 4) is 0 Å². The van der Waals surface area contributed by atoms with E-state index in [0.717, 1.165) is 18.4 Å². The second-order valence-electron chi connectivity index (χ2n) is 4.48. The summed E-state index contributed by atoms with van der Waals surface area (Å²) in [5.74, 6) is 0.965. The van der Waals surface area contributed by atoms with E-state index in [0.29, 0.717) is 0 Å². The number of aromatic nitrogens is 1. The smallest absolute Gasteiger partial charge is 0.0897 e. The summed E-state index contributed by atoms with van der Waals surface area (Å²) in [5, 5.41) is 6.82. The minimum absolute atomic E-state index is 0.754. The number of aryl methyl sites for hydroxylation is 2. The molecule has 1 aliphatic rings. The molecule has 0 spiro atoms. The molecule has 1 atom stereocenters. The van der Waals surface area contributed by atoms with Crippen LogP contribution in [-0.4, -0.2) is 18.1 Å². The van der Waals surface area contributed by atoms with Crippen molar-refractivity contribution in [1.29, 1.82) is 0 Å². The molecule has 1 fully saturated rings. The normalized spacial score (nSPS) is 18.0. The monoisotopic (exact) mass is 224 g/mol. The molecule has 15 heavy (non-hydrogen) atoms. The molecule has 0 amide bonds. The Labute approximate surface area is 96.1 Å². The Hall–Kier alpha value is -0.410. The van der Waals surface area contributed by atoms with Crippen molar-refractivity contribution in [2.24, 2.45) is 5.92 Å². The van der Waals surface area contributed by atoms with Gasteiger partial charge in [-0.05, 0) is 52.0 Å². The molecular weight excluding hydrogens is 204 g/mol. The van der Waals surface area contributed by atoms with Crippen molar-refractivity contribution >= 4 is 11.3 Å². The zero-order chi connectivity index (χ0) is 10.7. The Morgan fingerprint density at radius 3 is 2.93 bits per heavy atom. The maximum absolute atomic E-state index is 4.49. The highest BCUT2D eigenvalue weighted by atomic mass is 32.1. The van der Waals surface area contributed by atoms with Crippen molar-refractivity contribution in [3.05, 3.63) is 16.1 Å². The number of nitrogens with zero attached hydrogens (tertiary/aromatic N) is 1. The highest BCUT2D eigenvalue weighted by Gasteiger charge is 2.29. The van der Waals surface area contributed by atoms with Crippen molar-refractivity contribution < 1.29 is 0 Å². The van der Waals surface area contributed by atoms with Gasteiger partial charge in [0.05, 0.1) is 10.7 Å². The van der Waals surface area contributed by atoms with Gasteiger partial charge < -0.3 is 5.32 Å². The average Bonchev–Trinajstić information content (AvgIpc) is 2.98. The Morgan fingerprint density at radius 2 is 2.40 bits per heavy atom. The Morgan fingerprint density at radius 1 is 1.60 bits per heavy atom. The lowest BCUT2D eigenvalue weighted by Crippen LogP contribution is -2.27. The van der Waals surface area contributed by atoms with E-state index in [1.54, 1.807) is 11.3 Å². The van der Waals surface area contributed by atoms with Crippen molar-refractivity contribution in [1.82, 2.24) is 10.3 Å². The minimum Gasteiger partial charge on any atom is -0.317 e. The SMILES string of the molecule is CNC(CCCc1csc(C)n1)C1CC1. The molecule has 1 unspecified atom stereocenters. The van der Waals surface area contributed by atoms with E-state index >= 15 is 0 Å². The van der Waals surface area contributed by atoms with Gasteiger partial charge in [0.2, 0.25) is 0 Å². The zero-order valence-electron chi connectivity index (χ0n) is 9.62. The molecule has 1 aliphatic carbocycles. The summed E-state index contributed by atoms with van der Waals surface area (Å²) in [4.78, 5) is 4.49. The Kier molecular flexibility index (Phi) is 3.76. The second-order valence-corrected chi connectivity index (χ2v) is 5.54. The highest BCUT2D eigenvalue weighted by molar-refractivity contribution is 7.09. The predicted octanol–water partition coefficient (Wildman–Crippen LogP) is 2.77. The van der Waals surface area contributed by atoms with Crippen LogP contribution in [0.3, 0.4) is 0 Å². The lowest BCUT2D eigenvalue weighted by Gasteiger charge is -2.14. The average molecular weight is 224 g/mol. The maximum Gasteiger partial charge on any atom is 0.0897 e. The van der Waals surface area contributed by atoms with Crippen LogP contribution in [0.5, 0.6) is 0 Å². The van der Waals surface area contributed by atoms with Crippen LogP contribution in [0.2, 0.25) is 0 Å². The van der Waals surface area contributed by atoms with Gasteiger partial charge in [0.25, 0.3) is 0 Å². The number of thiazole rings is 1. The summed E-state index contributed by atoms with van der Waals surface area (Å²) in [5.41, 5.74) is 1.28. The Balaban J connectivity index is 1.69. The van der Waals surface area contributed by atoms with E-state index in [2.05, 4.69) is 29.7 Å². The van der Waals surface area contributed by atoms with Crippen LogP contribution >= 0.6 is 11.3 Å². The first-order chi connectivity index (χ1) is 7.29. The van der Waals surface area contributed by atoms with Crippen LogP contribution in [0.1, 0.15) is 36.4 Å². The quantitative estimate of drug-likeness (QED) is 0.803. The number of nitrogens with one attached hydrogen (secondary N) is 1. The first-order valence-corrected chi connectivity index (χ1v) is 6.76. The summed E-state index contributed by atoms with van der Waals surface area (Å²) < 4.78 is 0. The van der Waals surface area contributed by atoms with Crippen LogP contribution in [0.25, 0.3) is 0 Å². The molecule has 2 rings (SSSR count). The molecule has 0 bridgehead atoms. The third-order valence-corrected chi connectivity index (χ3v) is 4.00. The first-order valence-electron chi connectivity index (χ1n) is 5.88. The third-order valence-electron chi connectivity index (χ3n) is 3.18. The molecule has 0 aromatic carbocycles. The van der Waals surface area contributed by atoms with E-state index in [9.17, 15) is 0 Å². The van der Waals surface area contributed by atoms with Crippen LogP contribution < -0.4 is 5.32 Å². The van der Waals surface area contributed by atoms with Gasteiger partial charge in [-0.25, -0.2) is 4.98 Å². The van der Waals surface area contributed by atoms with E-state index in [-0.39, 0.29) is 0 Å². The van der Waals surface area contributed by atoms with Gasteiger partial charge in [-0.2, -0.15) is 0 Å². The van der Waals surface area contributed by atoms with Crippen molar-refractivity contribution in [2.75, 3.05) is 7.05 Å². The topological polar surface area (TPSA) is 24.9 Å². The van der Waals surface area contributed by atoms with E-state index in [1.165, 1.54) is 36.4 Å². The molecule has 0 saturated heterocycles. The fourth-order valence-electron chi connectivity index (χ4n) is 2.14. The maximum atomic E-state index is 4.49. The molecule has 1 saturated carbocycles. The summed E-state index contributed by atoms with van der Waals surface area (Å²) in [6, 6.07) is 0.754. The fourth-order valence-corrected chi connectivity index (χ4v) is 2.79. The lowest BCUT2D eigenvalue weighted by molar-refractivity contribution is 0.455. The molecule has 0 radical (unpaired) electrons. The molecule has 2 nitrogen and oxygen atoms in total. The molecule has 84 valence electrons. The molecular formula is C12H20N2S. The van der Waals surface area contributed by atoms with Gasteiger partial charge in [0.15, 0.2) is 0 Å². The number of rotatable bonds is 6. The van der Waals surface area contributed by atoms with E-state index in [1.807, 2.05) is 0 Å². The van der Waals surface area contributed by atoms with Gasteiger partial charge in [-0.15, -0.1) is 11.3 Å². The molecule has 1 heterocycles. The molecule has 0 aliphatic heterocycles. The summed E-state index contributed by atoms with van der Waals surface area (Å²) in [6.07, 6.45) is 6.58. The van der Waals surface area contributed by atoms with Gasteiger partial charge in [0, 0.05) is 11.4 Å². The van der Waals surface area contributed by atoms with Crippen LogP contribution in [0.4, 0.5) is 0 Å². The molecule has 3 heteroatoms. The van der Waals surface area contributed by atoms with Gasteiger partial charge in [-0.1, -0.05) is 0 Å². The highest BCUT2D eigenvalue weighted by Crippen LogP contribution is 2.34. The predicted molar refractivity (Wildman–Crippen MR) is 65.4 cm³/mol. The molecule has 1 aromatic rings. The molecule has 1 aromatic heterocycles. The summed E-state index contributed by atoms with van der Waals surface area (Å²) in [7, 11) is 2.09. The summed E-state index contributed by atoms with van der Waals surface area (Å²) >= 11 is 1.76. The van der Waals surface area contributed by atoms with Gasteiger partial charge in [0.1, 0.15) is 0 Å². The van der Waals surface area contributed by atoms with Crippen molar-refractivity contribution in [3.63, 3.8) is 0 Å². The minimum atomic E-state index is 0.754. The first kappa shape index (κ1) is 11.1. The third kappa shape index (κ3) is 3.28. The number of hydrogen-bond acceptors (Lipinski definition) is 3. The van der Waals surface area contributed by atoms with Crippen LogP contribution in [-0.2, 0) is 6.42 Å². The lowest BCUT2D eigenvalue weighted by atomic mass is 10.0. The standard InChI is InChI=1S/C12H20N2S/c1-9-14-11(8-15-9)4-3-5-12(13-2)10-6-7-10/h8,10,12-13H,3-7H2,1-2H3. The van der Waals surface area contributed by atoms with E-state index in [4.69, 9.17) is 0 Å². The largest absolute Gasteiger partial charge is 0.317 e. The van der Waals surface area contributed by atoms with Crippen molar-refractivity contribution in [2.45, 2.75) is 45.1 Å². The second kappa shape index (κ2) is 5.08. The van der Waals surface area contributed by atoms with Gasteiger partial charge >= 0.3 is 0 Å². The van der Waals surface area contributed by atoms with Gasteiger partial charge in [-0.3, -0.25) is 0 Å². The summed E-state index contributed by atoms with van der Waals surface area (Å²) in [6.45, 7) is 2.08. The number of hydrogen-bond donors (Lipinski definition) is 1. The van der Waals surface area contributed by atoms with Crippen LogP contribution in [0, 0.1) is 12.8 Å². The zero-order valence-corrected chi connectivity index (χ0v) is 10.4. The fraction of sp³-hybridized carbons (Fsp3) is 0.750.